The summed E-state index contributed by atoms with van der Waals surface area (Å²) in [7, 11) is 1.50. The number of halogens is 1. The van der Waals surface area contributed by atoms with E-state index >= 15 is 0 Å². The van der Waals surface area contributed by atoms with E-state index < -0.39 is 5.91 Å². The molecule has 0 atom stereocenters. The number of amides is 2. The molecule has 0 aliphatic rings. The highest BCUT2D eigenvalue weighted by atomic mass is 35.5. The molecule has 0 aliphatic heterocycles. The van der Waals surface area contributed by atoms with Gasteiger partial charge in [0.25, 0.3) is 5.91 Å². The second kappa shape index (κ2) is 10.3. The zero-order valence-corrected chi connectivity index (χ0v) is 19.3. The van der Waals surface area contributed by atoms with Gasteiger partial charge in [0, 0.05) is 28.3 Å². The summed E-state index contributed by atoms with van der Waals surface area (Å²) < 4.78 is 11.0. The maximum absolute atomic E-state index is 12.5. The minimum absolute atomic E-state index is 0.0838. The van der Waals surface area contributed by atoms with Gasteiger partial charge in [0.2, 0.25) is 5.91 Å². The number of hydrogen-bond acceptors (Lipinski definition) is 5. The lowest BCUT2D eigenvalue weighted by Crippen LogP contribution is -2.33. The molecule has 166 valence electrons. The van der Waals surface area contributed by atoms with Crippen LogP contribution in [-0.2, 0) is 4.79 Å². The number of ether oxygens (including phenoxy) is 1. The van der Waals surface area contributed by atoms with Crippen LogP contribution in [0.1, 0.15) is 24.4 Å². The van der Waals surface area contributed by atoms with E-state index in [4.69, 9.17) is 33.0 Å². The smallest absolute Gasteiger partial charge is 0.293 e. The molecule has 7 nitrogen and oxygen atoms in total. The Hall–Kier alpha value is -3.36. The average molecular weight is 472 g/mol. The lowest BCUT2D eigenvalue weighted by Gasteiger charge is -2.14. The van der Waals surface area contributed by atoms with Gasteiger partial charge in [-0.3, -0.25) is 14.9 Å². The van der Waals surface area contributed by atoms with Gasteiger partial charge in [0.1, 0.15) is 11.5 Å². The highest BCUT2D eigenvalue weighted by Gasteiger charge is 2.15. The van der Waals surface area contributed by atoms with Gasteiger partial charge in [-0.1, -0.05) is 25.4 Å². The SMILES string of the molecule is COc1cc(NC(=S)NC(=O)c2ccc(-c3ccc(Cl)cc3)o2)ccc1NC(=O)C(C)C. The van der Waals surface area contributed by atoms with Crippen molar-refractivity contribution < 1.29 is 18.7 Å². The summed E-state index contributed by atoms with van der Waals surface area (Å²) in [6, 6.07) is 15.4. The first-order chi connectivity index (χ1) is 15.3. The van der Waals surface area contributed by atoms with Gasteiger partial charge in [0.15, 0.2) is 10.9 Å². The number of hydrogen-bond donors (Lipinski definition) is 3. The summed E-state index contributed by atoms with van der Waals surface area (Å²) in [6.45, 7) is 3.60. The van der Waals surface area contributed by atoms with E-state index in [2.05, 4.69) is 16.0 Å². The van der Waals surface area contributed by atoms with Crippen LogP contribution in [0, 0.1) is 5.92 Å². The van der Waals surface area contributed by atoms with Crippen molar-refractivity contribution in [2.24, 2.45) is 5.92 Å². The second-order valence-electron chi connectivity index (χ2n) is 7.14. The Bertz CT molecular complexity index is 1140. The number of nitrogens with one attached hydrogen (secondary N) is 3. The molecule has 32 heavy (non-hydrogen) atoms. The van der Waals surface area contributed by atoms with E-state index in [0.29, 0.717) is 27.9 Å². The second-order valence-corrected chi connectivity index (χ2v) is 7.98. The molecule has 1 heterocycles. The van der Waals surface area contributed by atoms with Crippen LogP contribution in [0.2, 0.25) is 5.02 Å². The van der Waals surface area contributed by atoms with Crippen molar-refractivity contribution in [3.8, 4) is 17.1 Å². The quantitative estimate of drug-likeness (QED) is 0.421. The topological polar surface area (TPSA) is 92.6 Å². The Morgan fingerprint density at radius 1 is 1.03 bits per heavy atom. The standard InChI is InChI=1S/C23H22ClN3O4S/c1-13(2)21(28)26-17-9-8-16(12-20(17)30-3)25-23(32)27-22(29)19-11-10-18(31-19)14-4-6-15(24)7-5-14/h4-13H,1-3H3,(H,26,28)(H2,25,27,29,32). The minimum Gasteiger partial charge on any atom is -0.494 e. The van der Waals surface area contributed by atoms with Crippen LogP contribution in [0.3, 0.4) is 0 Å². The molecule has 3 N–H and O–H groups in total. The van der Waals surface area contributed by atoms with E-state index in [-0.39, 0.29) is 22.7 Å². The van der Waals surface area contributed by atoms with E-state index in [1.165, 1.54) is 7.11 Å². The van der Waals surface area contributed by atoms with Gasteiger partial charge in [-0.05, 0) is 60.7 Å². The molecule has 0 aliphatic carbocycles. The monoisotopic (exact) mass is 471 g/mol. The lowest BCUT2D eigenvalue weighted by molar-refractivity contribution is -0.118. The predicted molar refractivity (Wildman–Crippen MR) is 129 cm³/mol. The van der Waals surface area contributed by atoms with Gasteiger partial charge in [-0.15, -0.1) is 0 Å². The summed E-state index contributed by atoms with van der Waals surface area (Å²) in [5.74, 6) is 0.329. The molecule has 0 saturated carbocycles. The van der Waals surface area contributed by atoms with Gasteiger partial charge in [0.05, 0.1) is 12.8 Å². The van der Waals surface area contributed by atoms with Crippen molar-refractivity contribution in [1.82, 2.24) is 5.32 Å². The summed E-state index contributed by atoms with van der Waals surface area (Å²) in [6.07, 6.45) is 0. The average Bonchev–Trinajstić information content (AvgIpc) is 3.25. The van der Waals surface area contributed by atoms with Crippen molar-refractivity contribution in [3.63, 3.8) is 0 Å². The fourth-order valence-electron chi connectivity index (χ4n) is 2.71. The van der Waals surface area contributed by atoms with Crippen molar-refractivity contribution in [2.75, 3.05) is 17.7 Å². The highest BCUT2D eigenvalue weighted by molar-refractivity contribution is 7.80. The van der Waals surface area contributed by atoms with Gasteiger partial charge < -0.3 is 19.8 Å². The number of carbonyl (C=O) groups is 2. The first-order valence-corrected chi connectivity index (χ1v) is 10.5. The normalized spacial score (nSPS) is 10.5. The molecule has 0 saturated heterocycles. The Morgan fingerprint density at radius 2 is 1.75 bits per heavy atom. The van der Waals surface area contributed by atoms with Crippen LogP contribution in [0.25, 0.3) is 11.3 Å². The maximum Gasteiger partial charge on any atom is 0.293 e. The van der Waals surface area contributed by atoms with Crippen molar-refractivity contribution >= 4 is 52.1 Å². The molecule has 3 aromatic rings. The third kappa shape index (κ3) is 5.87. The van der Waals surface area contributed by atoms with Gasteiger partial charge in [-0.2, -0.15) is 0 Å². The molecular weight excluding hydrogens is 450 g/mol. The molecule has 0 spiro atoms. The van der Waals surface area contributed by atoms with Crippen LogP contribution in [-0.4, -0.2) is 24.0 Å². The van der Waals surface area contributed by atoms with Gasteiger partial charge >= 0.3 is 0 Å². The van der Waals surface area contributed by atoms with Crippen LogP contribution in [0.4, 0.5) is 11.4 Å². The molecule has 0 unspecified atom stereocenters. The van der Waals surface area contributed by atoms with Gasteiger partial charge in [-0.25, -0.2) is 0 Å². The lowest BCUT2D eigenvalue weighted by atomic mass is 10.2. The number of anilines is 2. The van der Waals surface area contributed by atoms with E-state index in [1.807, 2.05) is 0 Å². The molecule has 0 fully saturated rings. The zero-order chi connectivity index (χ0) is 23.3. The fourth-order valence-corrected chi connectivity index (χ4v) is 3.04. The Labute approximate surface area is 196 Å². The molecule has 2 aromatic carbocycles. The first kappa shape index (κ1) is 23.3. The van der Waals surface area contributed by atoms with Crippen molar-refractivity contribution in [1.29, 1.82) is 0 Å². The van der Waals surface area contributed by atoms with Crippen LogP contribution < -0.4 is 20.7 Å². The molecule has 0 bridgehead atoms. The predicted octanol–water partition coefficient (Wildman–Crippen LogP) is 5.33. The number of carbonyl (C=O) groups excluding carboxylic acids is 2. The van der Waals surface area contributed by atoms with E-state index in [0.717, 1.165) is 5.56 Å². The number of benzene rings is 2. The summed E-state index contributed by atoms with van der Waals surface area (Å²) in [4.78, 5) is 24.4. The molecule has 2 amide bonds. The Morgan fingerprint density at radius 3 is 2.41 bits per heavy atom. The molecular formula is C23H22ClN3O4S. The molecule has 1 aromatic heterocycles. The summed E-state index contributed by atoms with van der Waals surface area (Å²) in [5, 5.41) is 8.99. The summed E-state index contributed by atoms with van der Waals surface area (Å²) in [5.41, 5.74) is 1.92. The zero-order valence-electron chi connectivity index (χ0n) is 17.7. The number of methoxy groups -OCH3 is 1. The third-order valence-electron chi connectivity index (χ3n) is 4.43. The van der Waals surface area contributed by atoms with E-state index in [1.54, 1.807) is 68.4 Å². The minimum atomic E-state index is -0.490. The molecule has 9 heteroatoms. The summed E-state index contributed by atoms with van der Waals surface area (Å²) >= 11 is 11.1. The van der Waals surface area contributed by atoms with Crippen LogP contribution in [0.15, 0.2) is 59.0 Å². The molecule has 3 rings (SSSR count). The van der Waals surface area contributed by atoms with Crippen LogP contribution in [0.5, 0.6) is 5.75 Å². The third-order valence-corrected chi connectivity index (χ3v) is 4.88. The Balaban J connectivity index is 1.63. The Kier molecular flexibility index (Phi) is 7.50. The number of rotatable bonds is 6. The van der Waals surface area contributed by atoms with Crippen molar-refractivity contribution in [3.05, 3.63) is 65.4 Å². The first-order valence-electron chi connectivity index (χ1n) is 9.74. The van der Waals surface area contributed by atoms with Crippen molar-refractivity contribution in [2.45, 2.75) is 13.8 Å². The number of furan rings is 1. The highest BCUT2D eigenvalue weighted by Crippen LogP contribution is 2.28. The maximum atomic E-state index is 12.5. The van der Waals surface area contributed by atoms with E-state index in [9.17, 15) is 9.59 Å². The largest absolute Gasteiger partial charge is 0.494 e. The fraction of sp³-hybridized carbons (Fsp3) is 0.174. The molecule has 0 radical (unpaired) electrons. The van der Waals surface area contributed by atoms with Crippen LogP contribution >= 0.6 is 23.8 Å². The number of thiocarbonyl (C=S) groups is 1.